The third-order valence-electron chi connectivity index (χ3n) is 4.72. The summed E-state index contributed by atoms with van der Waals surface area (Å²) in [5.74, 6) is 1.13. The monoisotopic (exact) mass is 415 g/mol. The minimum atomic E-state index is -0.269. The first-order chi connectivity index (χ1) is 15.0. The van der Waals surface area contributed by atoms with E-state index in [1.54, 1.807) is 18.5 Å². The zero-order valence-corrected chi connectivity index (χ0v) is 17.2. The molecule has 0 saturated heterocycles. The molecule has 0 aliphatic rings. The number of halogens is 1. The van der Waals surface area contributed by atoms with Gasteiger partial charge in [0, 0.05) is 35.8 Å². The molecule has 2 aromatic heterocycles. The van der Waals surface area contributed by atoms with Crippen LogP contribution in [0.1, 0.15) is 16.7 Å². The highest BCUT2D eigenvalue weighted by molar-refractivity contribution is 5.68. The van der Waals surface area contributed by atoms with Crippen molar-refractivity contribution in [2.45, 2.75) is 20.4 Å². The van der Waals surface area contributed by atoms with Crippen molar-refractivity contribution in [2.24, 2.45) is 0 Å². The van der Waals surface area contributed by atoms with E-state index in [0.29, 0.717) is 18.3 Å². The Kier molecular flexibility index (Phi) is 5.70. The predicted octanol–water partition coefficient (Wildman–Crippen LogP) is 4.63. The topological polar surface area (TPSA) is 102 Å². The molecule has 0 saturated carbocycles. The van der Waals surface area contributed by atoms with Crippen LogP contribution in [0, 0.1) is 19.7 Å². The molecule has 0 spiro atoms. The number of nitrogens with zero attached hydrogens (tertiary/aromatic N) is 4. The van der Waals surface area contributed by atoms with Gasteiger partial charge in [0.25, 0.3) is 0 Å². The van der Waals surface area contributed by atoms with Crippen LogP contribution in [0.5, 0.6) is 0 Å². The Morgan fingerprint density at radius 1 is 0.935 bits per heavy atom. The van der Waals surface area contributed by atoms with E-state index in [1.807, 2.05) is 44.2 Å². The van der Waals surface area contributed by atoms with Gasteiger partial charge in [-0.2, -0.15) is 4.98 Å². The summed E-state index contributed by atoms with van der Waals surface area (Å²) in [6.45, 7) is 4.31. The summed E-state index contributed by atoms with van der Waals surface area (Å²) in [5, 5.41) is 6.44. The summed E-state index contributed by atoms with van der Waals surface area (Å²) in [5.41, 5.74) is 11.0. The SMILES string of the molecule is Cc1cnc(NCc2cccc(F)c2)nc1Nc1ccc(-c2nc(N)ncc2C)cc1. The van der Waals surface area contributed by atoms with E-state index in [2.05, 4.69) is 30.6 Å². The number of nitrogen functional groups attached to an aromatic ring is 1. The molecule has 0 radical (unpaired) electrons. The number of nitrogens with one attached hydrogen (secondary N) is 2. The van der Waals surface area contributed by atoms with E-state index in [-0.39, 0.29) is 11.8 Å². The molecule has 0 fully saturated rings. The van der Waals surface area contributed by atoms with Gasteiger partial charge in [-0.15, -0.1) is 0 Å². The second kappa shape index (κ2) is 8.74. The molecule has 0 aliphatic carbocycles. The van der Waals surface area contributed by atoms with Gasteiger partial charge in [0.1, 0.15) is 11.6 Å². The number of rotatable bonds is 6. The van der Waals surface area contributed by atoms with Gasteiger partial charge in [0.05, 0.1) is 5.69 Å². The number of benzene rings is 2. The molecular formula is C23H22FN7. The molecule has 4 N–H and O–H groups in total. The minimum Gasteiger partial charge on any atom is -0.368 e. The van der Waals surface area contributed by atoms with Gasteiger partial charge in [-0.1, -0.05) is 24.3 Å². The summed E-state index contributed by atoms with van der Waals surface area (Å²) in [4.78, 5) is 17.2. The van der Waals surface area contributed by atoms with Crippen molar-refractivity contribution >= 4 is 23.4 Å². The fourth-order valence-corrected chi connectivity index (χ4v) is 3.08. The lowest BCUT2D eigenvalue weighted by Crippen LogP contribution is -2.06. The van der Waals surface area contributed by atoms with E-state index < -0.39 is 0 Å². The first kappa shape index (κ1) is 20.2. The fourth-order valence-electron chi connectivity index (χ4n) is 3.08. The molecule has 0 unspecified atom stereocenters. The van der Waals surface area contributed by atoms with Gasteiger partial charge >= 0.3 is 0 Å². The van der Waals surface area contributed by atoms with E-state index in [0.717, 1.165) is 33.6 Å². The summed E-state index contributed by atoms with van der Waals surface area (Å²) in [6.07, 6.45) is 3.46. The van der Waals surface area contributed by atoms with Gasteiger partial charge in [0.15, 0.2) is 0 Å². The average molecular weight is 415 g/mol. The Bertz CT molecular complexity index is 1210. The lowest BCUT2D eigenvalue weighted by molar-refractivity contribution is 0.626. The van der Waals surface area contributed by atoms with Crippen LogP contribution in [0.25, 0.3) is 11.3 Å². The van der Waals surface area contributed by atoms with Crippen molar-refractivity contribution in [2.75, 3.05) is 16.4 Å². The molecule has 0 amide bonds. The maximum absolute atomic E-state index is 13.3. The fraction of sp³-hybridized carbons (Fsp3) is 0.130. The van der Waals surface area contributed by atoms with Crippen molar-refractivity contribution in [3.63, 3.8) is 0 Å². The molecular weight excluding hydrogens is 393 g/mol. The lowest BCUT2D eigenvalue weighted by atomic mass is 10.1. The van der Waals surface area contributed by atoms with E-state index in [9.17, 15) is 4.39 Å². The zero-order chi connectivity index (χ0) is 21.8. The van der Waals surface area contributed by atoms with Crippen molar-refractivity contribution in [3.8, 4) is 11.3 Å². The maximum Gasteiger partial charge on any atom is 0.224 e. The van der Waals surface area contributed by atoms with Crippen LogP contribution in [0.4, 0.5) is 27.8 Å². The van der Waals surface area contributed by atoms with E-state index in [4.69, 9.17) is 5.73 Å². The molecule has 0 atom stereocenters. The molecule has 156 valence electrons. The predicted molar refractivity (Wildman–Crippen MR) is 120 cm³/mol. The molecule has 0 aliphatic heterocycles. The number of hydrogen-bond donors (Lipinski definition) is 3. The largest absolute Gasteiger partial charge is 0.368 e. The normalized spacial score (nSPS) is 10.7. The molecule has 4 rings (SSSR count). The number of aromatic nitrogens is 4. The van der Waals surface area contributed by atoms with Crippen LogP contribution in [0.3, 0.4) is 0 Å². The maximum atomic E-state index is 13.3. The third kappa shape index (κ3) is 4.92. The smallest absolute Gasteiger partial charge is 0.224 e. The molecule has 2 heterocycles. The van der Waals surface area contributed by atoms with E-state index in [1.165, 1.54) is 12.1 Å². The van der Waals surface area contributed by atoms with Crippen LogP contribution in [-0.2, 0) is 6.54 Å². The Hall–Kier alpha value is -4.07. The van der Waals surface area contributed by atoms with Gasteiger partial charge in [-0.3, -0.25) is 0 Å². The Morgan fingerprint density at radius 3 is 2.48 bits per heavy atom. The Labute approximate surface area is 179 Å². The lowest BCUT2D eigenvalue weighted by Gasteiger charge is -2.12. The van der Waals surface area contributed by atoms with E-state index >= 15 is 0 Å². The quantitative estimate of drug-likeness (QED) is 0.422. The van der Waals surface area contributed by atoms with Gasteiger partial charge in [-0.25, -0.2) is 19.3 Å². The Balaban J connectivity index is 1.48. The number of anilines is 4. The highest BCUT2D eigenvalue weighted by Gasteiger charge is 2.08. The molecule has 31 heavy (non-hydrogen) atoms. The summed E-state index contributed by atoms with van der Waals surface area (Å²) in [7, 11) is 0. The second-order valence-electron chi connectivity index (χ2n) is 7.17. The summed E-state index contributed by atoms with van der Waals surface area (Å²) in [6, 6.07) is 14.3. The third-order valence-corrected chi connectivity index (χ3v) is 4.72. The number of aryl methyl sites for hydroxylation is 2. The summed E-state index contributed by atoms with van der Waals surface area (Å²) < 4.78 is 13.3. The van der Waals surface area contributed by atoms with Crippen molar-refractivity contribution in [1.82, 2.24) is 19.9 Å². The second-order valence-corrected chi connectivity index (χ2v) is 7.17. The first-order valence-corrected chi connectivity index (χ1v) is 9.76. The highest BCUT2D eigenvalue weighted by Crippen LogP contribution is 2.25. The molecule has 4 aromatic rings. The first-order valence-electron chi connectivity index (χ1n) is 9.76. The highest BCUT2D eigenvalue weighted by atomic mass is 19.1. The molecule has 8 heteroatoms. The van der Waals surface area contributed by atoms with Crippen LogP contribution >= 0.6 is 0 Å². The van der Waals surface area contributed by atoms with Crippen LogP contribution in [0.2, 0.25) is 0 Å². The average Bonchev–Trinajstić information content (AvgIpc) is 2.77. The van der Waals surface area contributed by atoms with Crippen molar-refractivity contribution < 1.29 is 4.39 Å². The van der Waals surface area contributed by atoms with Crippen molar-refractivity contribution in [1.29, 1.82) is 0 Å². The minimum absolute atomic E-state index is 0.248. The van der Waals surface area contributed by atoms with Gasteiger partial charge in [0.2, 0.25) is 11.9 Å². The molecule has 7 nitrogen and oxygen atoms in total. The summed E-state index contributed by atoms with van der Waals surface area (Å²) >= 11 is 0. The molecule has 0 bridgehead atoms. The molecule has 2 aromatic carbocycles. The standard InChI is InChI=1S/C23H22FN7/c1-14-11-26-22(25)30-20(14)17-6-8-19(9-7-17)29-21-15(2)12-27-23(31-21)28-13-16-4-3-5-18(24)10-16/h3-12H,13H2,1-2H3,(H2,25,26,30)(H2,27,28,29,31). The van der Waals surface area contributed by atoms with Crippen LogP contribution in [-0.4, -0.2) is 19.9 Å². The van der Waals surface area contributed by atoms with Crippen molar-refractivity contribution in [3.05, 3.63) is 83.4 Å². The zero-order valence-electron chi connectivity index (χ0n) is 17.2. The van der Waals surface area contributed by atoms with Gasteiger partial charge < -0.3 is 16.4 Å². The Morgan fingerprint density at radius 2 is 1.71 bits per heavy atom. The van der Waals surface area contributed by atoms with Crippen LogP contribution < -0.4 is 16.4 Å². The number of hydrogen-bond acceptors (Lipinski definition) is 7. The van der Waals surface area contributed by atoms with Crippen LogP contribution in [0.15, 0.2) is 60.9 Å². The number of nitrogens with two attached hydrogens (primary N) is 1. The van der Waals surface area contributed by atoms with Gasteiger partial charge in [-0.05, 0) is 49.2 Å².